The summed E-state index contributed by atoms with van der Waals surface area (Å²) in [5, 5.41) is 0. The van der Waals surface area contributed by atoms with Crippen LogP contribution in [0.3, 0.4) is 0 Å². The molecule has 0 N–H and O–H groups in total. The van der Waals surface area contributed by atoms with Gasteiger partial charge in [-0.3, -0.25) is 9.78 Å². The Balaban J connectivity index is 1.32. The maximum absolute atomic E-state index is 12.7. The number of aromatic nitrogens is 1. The summed E-state index contributed by atoms with van der Waals surface area (Å²) in [5.41, 5.74) is 3.82. The fraction of sp³-hybridized carbons (Fsp3) is 0.455. The van der Waals surface area contributed by atoms with Gasteiger partial charge in [0.05, 0.1) is 0 Å². The predicted molar refractivity (Wildman–Crippen MR) is 103 cm³/mol. The molecule has 4 nitrogen and oxygen atoms in total. The lowest BCUT2D eigenvalue weighted by atomic mass is 9.83. The molecule has 1 amide bonds. The molecule has 1 saturated heterocycles. The summed E-state index contributed by atoms with van der Waals surface area (Å²) in [6.07, 6.45) is 8.14. The number of hydrogen-bond acceptors (Lipinski definition) is 3. The molecule has 0 unspecified atom stereocenters. The summed E-state index contributed by atoms with van der Waals surface area (Å²) < 4.78 is 0. The topological polar surface area (TPSA) is 36.4 Å². The van der Waals surface area contributed by atoms with E-state index in [2.05, 4.69) is 34.1 Å². The average Bonchev–Trinajstić information content (AvgIpc) is 2.93. The quantitative estimate of drug-likeness (QED) is 0.855. The van der Waals surface area contributed by atoms with Crippen molar-refractivity contribution in [1.82, 2.24) is 14.8 Å². The Morgan fingerprint density at radius 1 is 1.00 bits per heavy atom. The van der Waals surface area contributed by atoms with E-state index in [1.54, 1.807) is 12.4 Å². The number of amides is 1. The highest BCUT2D eigenvalue weighted by atomic mass is 16.2. The minimum absolute atomic E-state index is 0.140. The number of hydrogen-bond donors (Lipinski definition) is 0. The summed E-state index contributed by atoms with van der Waals surface area (Å²) >= 11 is 0. The van der Waals surface area contributed by atoms with Crippen molar-refractivity contribution >= 4 is 5.91 Å². The highest BCUT2D eigenvalue weighted by Gasteiger charge is 2.24. The van der Waals surface area contributed by atoms with Gasteiger partial charge < -0.3 is 9.80 Å². The van der Waals surface area contributed by atoms with Gasteiger partial charge in [-0.1, -0.05) is 24.3 Å². The maximum Gasteiger partial charge on any atom is 0.254 e. The van der Waals surface area contributed by atoms with E-state index >= 15 is 0 Å². The normalized spacial score (nSPS) is 21.1. The van der Waals surface area contributed by atoms with E-state index in [1.807, 2.05) is 17.0 Å². The third-order valence-corrected chi connectivity index (χ3v) is 5.77. The van der Waals surface area contributed by atoms with Crippen molar-refractivity contribution in [2.45, 2.75) is 25.7 Å². The van der Waals surface area contributed by atoms with Crippen molar-refractivity contribution in [3.05, 3.63) is 65.5 Å². The van der Waals surface area contributed by atoms with Gasteiger partial charge in [-0.15, -0.1) is 0 Å². The Hall–Kier alpha value is -2.20. The van der Waals surface area contributed by atoms with E-state index < -0.39 is 0 Å². The molecule has 1 aliphatic heterocycles. The Morgan fingerprint density at radius 2 is 1.81 bits per heavy atom. The van der Waals surface area contributed by atoms with Crippen LogP contribution in [-0.2, 0) is 12.8 Å². The van der Waals surface area contributed by atoms with E-state index in [0.29, 0.717) is 0 Å². The second-order valence-electron chi connectivity index (χ2n) is 7.56. The SMILES string of the molecule is O=C(c1ccncc1)N1CCCN(C[C@@H]2CCc3ccccc3C2)CC1. The number of fused-ring (bicyclic) bond motifs is 1. The first-order chi connectivity index (χ1) is 12.8. The minimum atomic E-state index is 0.140. The Morgan fingerprint density at radius 3 is 2.65 bits per heavy atom. The van der Waals surface area contributed by atoms with Crippen LogP contribution in [0.5, 0.6) is 0 Å². The number of rotatable bonds is 3. The maximum atomic E-state index is 12.7. The molecule has 0 bridgehead atoms. The monoisotopic (exact) mass is 349 g/mol. The molecule has 2 aromatic rings. The largest absolute Gasteiger partial charge is 0.337 e. The lowest BCUT2D eigenvalue weighted by Crippen LogP contribution is -2.37. The van der Waals surface area contributed by atoms with Crippen LogP contribution in [0.4, 0.5) is 0 Å². The van der Waals surface area contributed by atoms with Gasteiger partial charge in [-0.2, -0.15) is 0 Å². The molecule has 26 heavy (non-hydrogen) atoms. The molecule has 136 valence electrons. The zero-order chi connectivity index (χ0) is 17.8. The molecule has 4 rings (SSSR count). The molecule has 2 heterocycles. The molecule has 0 saturated carbocycles. The van der Waals surface area contributed by atoms with Gasteiger partial charge in [0.25, 0.3) is 5.91 Å². The van der Waals surface area contributed by atoms with Crippen molar-refractivity contribution in [1.29, 1.82) is 0 Å². The first-order valence-electron chi connectivity index (χ1n) is 9.78. The standard InChI is InChI=1S/C22H27N3O/c26-22(20-8-10-23-11-9-20)25-13-3-12-24(14-15-25)17-18-6-7-19-4-1-2-5-21(19)16-18/h1-2,4-5,8-11,18H,3,6-7,12-17H2/t18-/m1/s1. The first kappa shape index (κ1) is 17.2. The lowest BCUT2D eigenvalue weighted by molar-refractivity contribution is 0.0760. The molecule has 1 atom stereocenters. The van der Waals surface area contributed by atoms with Crippen LogP contribution in [0.2, 0.25) is 0 Å². The average molecular weight is 349 g/mol. The molecule has 4 heteroatoms. The number of carbonyl (C=O) groups excluding carboxylic acids is 1. The number of aryl methyl sites for hydroxylation is 1. The van der Waals surface area contributed by atoms with Crippen LogP contribution >= 0.6 is 0 Å². The van der Waals surface area contributed by atoms with Gasteiger partial charge in [0.2, 0.25) is 0 Å². The van der Waals surface area contributed by atoms with Crippen molar-refractivity contribution in [3.8, 4) is 0 Å². The molecule has 0 radical (unpaired) electrons. The summed E-state index contributed by atoms with van der Waals surface area (Å²) in [4.78, 5) is 21.2. The van der Waals surface area contributed by atoms with E-state index in [4.69, 9.17) is 0 Å². The molecule has 1 aromatic heterocycles. The fourth-order valence-electron chi connectivity index (χ4n) is 4.33. The minimum Gasteiger partial charge on any atom is -0.337 e. The Kier molecular flexibility index (Phi) is 5.30. The molecule has 1 aromatic carbocycles. The highest BCUT2D eigenvalue weighted by molar-refractivity contribution is 5.94. The van der Waals surface area contributed by atoms with Crippen LogP contribution in [0.25, 0.3) is 0 Å². The van der Waals surface area contributed by atoms with Crippen molar-refractivity contribution in [3.63, 3.8) is 0 Å². The van der Waals surface area contributed by atoms with E-state index in [-0.39, 0.29) is 5.91 Å². The lowest BCUT2D eigenvalue weighted by Gasteiger charge is -2.30. The third kappa shape index (κ3) is 3.96. The Labute approximate surface area is 155 Å². The molecule has 2 aliphatic rings. The van der Waals surface area contributed by atoms with Gasteiger partial charge in [0.1, 0.15) is 0 Å². The number of pyridine rings is 1. The van der Waals surface area contributed by atoms with Crippen molar-refractivity contribution < 1.29 is 4.79 Å². The first-order valence-corrected chi connectivity index (χ1v) is 9.78. The summed E-state index contributed by atoms with van der Waals surface area (Å²) in [6.45, 7) is 4.91. The van der Waals surface area contributed by atoms with Crippen LogP contribution in [0.1, 0.15) is 34.3 Å². The van der Waals surface area contributed by atoms with Gasteiger partial charge >= 0.3 is 0 Å². The molecule has 1 aliphatic carbocycles. The fourth-order valence-corrected chi connectivity index (χ4v) is 4.33. The van der Waals surface area contributed by atoms with Crippen LogP contribution in [-0.4, -0.2) is 53.4 Å². The zero-order valence-corrected chi connectivity index (χ0v) is 15.3. The van der Waals surface area contributed by atoms with Gasteiger partial charge in [-0.05, 0) is 61.4 Å². The van der Waals surface area contributed by atoms with Gasteiger partial charge in [0.15, 0.2) is 0 Å². The Bertz CT molecular complexity index is 746. The highest BCUT2D eigenvalue weighted by Crippen LogP contribution is 2.26. The molecular formula is C22H27N3O. The zero-order valence-electron chi connectivity index (χ0n) is 15.3. The van der Waals surface area contributed by atoms with E-state index in [9.17, 15) is 4.79 Å². The molecular weight excluding hydrogens is 322 g/mol. The van der Waals surface area contributed by atoms with Crippen molar-refractivity contribution in [2.24, 2.45) is 5.92 Å². The summed E-state index contributed by atoms with van der Waals surface area (Å²) in [5.74, 6) is 0.883. The van der Waals surface area contributed by atoms with Crippen molar-refractivity contribution in [2.75, 3.05) is 32.7 Å². The number of benzene rings is 1. The van der Waals surface area contributed by atoms with E-state index in [0.717, 1.165) is 50.6 Å². The second kappa shape index (κ2) is 8.00. The van der Waals surface area contributed by atoms with E-state index in [1.165, 1.54) is 30.4 Å². The van der Waals surface area contributed by atoms with Gasteiger partial charge in [0, 0.05) is 44.1 Å². The van der Waals surface area contributed by atoms with Crippen LogP contribution < -0.4 is 0 Å². The van der Waals surface area contributed by atoms with Crippen LogP contribution in [0, 0.1) is 5.92 Å². The second-order valence-corrected chi connectivity index (χ2v) is 7.56. The summed E-state index contributed by atoms with van der Waals surface area (Å²) in [7, 11) is 0. The third-order valence-electron chi connectivity index (χ3n) is 5.77. The summed E-state index contributed by atoms with van der Waals surface area (Å²) in [6, 6.07) is 12.5. The molecule has 0 spiro atoms. The van der Waals surface area contributed by atoms with Crippen LogP contribution in [0.15, 0.2) is 48.8 Å². The van der Waals surface area contributed by atoms with Gasteiger partial charge in [-0.25, -0.2) is 0 Å². The number of nitrogens with zero attached hydrogens (tertiary/aromatic N) is 3. The predicted octanol–water partition coefficient (Wildman–Crippen LogP) is 3.03. The molecule has 1 fully saturated rings. The number of carbonyl (C=O) groups is 1. The smallest absolute Gasteiger partial charge is 0.254 e.